The fraction of sp³-hybridized carbons (Fsp3) is 0.286. The van der Waals surface area contributed by atoms with E-state index in [1.165, 1.54) is 0 Å². The average Bonchev–Trinajstić information content (AvgIpc) is 3.15. The van der Waals surface area contributed by atoms with Crippen molar-refractivity contribution in [2.24, 2.45) is 0 Å². The molecule has 1 aromatic heterocycles. The van der Waals surface area contributed by atoms with Gasteiger partial charge in [-0.15, -0.1) is 0 Å². The molecule has 1 heterocycles. The SMILES string of the molecule is COc1ccc(CCC(=O)N(C)Cc2nc(-c3ccccc3)no2)cc1C. The number of hydrogen-bond acceptors (Lipinski definition) is 5. The molecule has 0 aliphatic carbocycles. The van der Waals surface area contributed by atoms with Crippen LogP contribution in [0.3, 0.4) is 0 Å². The highest BCUT2D eigenvalue weighted by atomic mass is 16.5. The van der Waals surface area contributed by atoms with Gasteiger partial charge in [0.2, 0.25) is 17.6 Å². The van der Waals surface area contributed by atoms with Crippen LogP contribution in [0.25, 0.3) is 11.4 Å². The van der Waals surface area contributed by atoms with Crippen molar-refractivity contribution in [3.63, 3.8) is 0 Å². The number of aromatic nitrogens is 2. The van der Waals surface area contributed by atoms with Gasteiger partial charge in [0.25, 0.3) is 0 Å². The summed E-state index contributed by atoms with van der Waals surface area (Å²) in [6, 6.07) is 15.6. The van der Waals surface area contributed by atoms with Crippen molar-refractivity contribution in [1.82, 2.24) is 15.0 Å². The number of ether oxygens (including phenoxy) is 1. The first-order chi connectivity index (χ1) is 13.1. The van der Waals surface area contributed by atoms with Crippen LogP contribution in [0.2, 0.25) is 0 Å². The number of carbonyl (C=O) groups is 1. The number of benzene rings is 2. The maximum atomic E-state index is 12.4. The first-order valence-electron chi connectivity index (χ1n) is 8.82. The molecule has 140 valence electrons. The fourth-order valence-corrected chi connectivity index (χ4v) is 2.85. The molecule has 0 unspecified atom stereocenters. The van der Waals surface area contributed by atoms with Crippen molar-refractivity contribution in [3.05, 3.63) is 65.5 Å². The molecule has 0 N–H and O–H groups in total. The summed E-state index contributed by atoms with van der Waals surface area (Å²) in [5, 5.41) is 3.98. The first kappa shape index (κ1) is 18.6. The Kier molecular flexibility index (Phi) is 5.86. The molecular weight excluding hydrogens is 342 g/mol. The lowest BCUT2D eigenvalue weighted by Crippen LogP contribution is -2.26. The van der Waals surface area contributed by atoms with E-state index in [0.717, 1.165) is 22.4 Å². The highest BCUT2D eigenvalue weighted by Crippen LogP contribution is 2.20. The summed E-state index contributed by atoms with van der Waals surface area (Å²) >= 11 is 0. The summed E-state index contributed by atoms with van der Waals surface area (Å²) < 4.78 is 10.5. The number of nitrogens with zero attached hydrogens (tertiary/aromatic N) is 3. The summed E-state index contributed by atoms with van der Waals surface area (Å²) in [6.07, 6.45) is 1.09. The Bertz CT molecular complexity index is 906. The van der Waals surface area contributed by atoms with Crippen molar-refractivity contribution in [2.75, 3.05) is 14.2 Å². The van der Waals surface area contributed by atoms with Crippen LogP contribution < -0.4 is 4.74 Å². The predicted molar refractivity (Wildman–Crippen MR) is 102 cm³/mol. The van der Waals surface area contributed by atoms with Crippen molar-refractivity contribution in [3.8, 4) is 17.1 Å². The Morgan fingerprint density at radius 2 is 1.96 bits per heavy atom. The zero-order valence-corrected chi connectivity index (χ0v) is 15.8. The van der Waals surface area contributed by atoms with Crippen LogP contribution >= 0.6 is 0 Å². The standard InChI is InChI=1S/C21H23N3O3/c1-15-13-16(9-11-18(15)26-3)10-12-20(25)24(2)14-19-22-21(23-27-19)17-7-5-4-6-8-17/h4-9,11,13H,10,12,14H2,1-3H3. The molecule has 6 heteroatoms. The summed E-state index contributed by atoms with van der Waals surface area (Å²) in [6.45, 7) is 2.29. The number of amides is 1. The minimum absolute atomic E-state index is 0.0305. The molecule has 2 aromatic carbocycles. The van der Waals surface area contributed by atoms with E-state index in [2.05, 4.69) is 16.2 Å². The minimum Gasteiger partial charge on any atom is -0.496 e. The smallest absolute Gasteiger partial charge is 0.246 e. The maximum absolute atomic E-state index is 12.4. The van der Waals surface area contributed by atoms with Gasteiger partial charge >= 0.3 is 0 Å². The van der Waals surface area contributed by atoms with Crippen LogP contribution in [-0.2, 0) is 17.8 Å². The van der Waals surface area contributed by atoms with Crippen LogP contribution in [-0.4, -0.2) is 35.1 Å². The van der Waals surface area contributed by atoms with Gasteiger partial charge in [0.15, 0.2) is 0 Å². The molecule has 0 radical (unpaired) electrons. The molecule has 1 amide bonds. The van der Waals surface area contributed by atoms with E-state index in [4.69, 9.17) is 9.26 Å². The summed E-state index contributed by atoms with van der Waals surface area (Å²) in [7, 11) is 3.40. The van der Waals surface area contributed by atoms with Gasteiger partial charge < -0.3 is 14.2 Å². The van der Waals surface area contributed by atoms with E-state index in [0.29, 0.717) is 31.1 Å². The van der Waals surface area contributed by atoms with E-state index in [9.17, 15) is 4.79 Å². The molecule has 6 nitrogen and oxygen atoms in total. The zero-order chi connectivity index (χ0) is 19.2. The summed E-state index contributed by atoms with van der Waals surface area (Å²) in [5.74, 6) is 1.83. The summed E-state index contributed by atoms with van der Waals surface area (Å²) in [4.78, 5) is 18.4. The molecule has 0 saturated carbocycles. The van der Waals surface area contributed by atoms with Crippen LogP contribution in [0.5, 0.6) is 5.75 Å². The third kappa shape index (κ3) is 4.73. The van der Waals surface area contributed by atoms with Gasteiger partial charge in [0, 0.05) is 19.0 Å². The molecule has 0 aliphatic heterocycles. The van der Waals surface area contributed by atoms with Crippen LogP contribution in [0.15, 0.2) is 53.1 Å². The third-order valence-electron chi connectivity index (χ3n) is 4.39. The van der Waals surface area contributed by atoms with Gasteiger partial charge in [0.1, 0.15) is 5.75 Å². The van der Waals surface area contributed by atoms with Gasteiger partial charge in [-0.3, -0.25) is 4.79 Å². The number of carbonyl (C=O) groups excluding carboxylic acids is 1. The largest absolute Gasteiger partial charge is 0.496 e. The highest BCUT2D eigenvalue weighted by Gasteiger charge is 2.15. The monoisotopic (exact) mass is 365 g/mol. The van der Waals surface area contributed by atoms with Gasteiger partial charge in [0.05, 0.1) is 13.7 Å². The summed E-state index contributed by atoms with van der Waals surface area (Å²) in [5.41, 5.74) is 3.06. The second kappa shape index (κ2) is 8.49. The Morgan fingerprint density at radius 3 is 2.67 bits per heavy atom. The predicted octanol–water partition coefficient (Wildman–Crippen LogP) is 3.64. The minimum atomic E-state index is 0.0305. The fourth-order valence-electron chi connectivity index (χ4n) is 2.85. The van der Waals surface area contributed by atoms with Crippen LogP contribution in [0.4, 0.5) is 0 Å². The first-order valence-corrected chi connectivity index (χ1v) is 8.82. The molecule has 3 aromatic rings. The van der Waals surface area contributed by atoms with Crippen molar-refractivity contribution < 1.29 is 14.1 Å². The molecule has 0 fully saturated rings. The maximum Gasteiger partial charge on any atom is 0.246 e. The van der Waals surface area contributed by atoms with E-state index < -0.39 is 0 Å². The van der Waals surface area contributed by atoms with E-state index >= 15 is 0 Å². The second-order valence-electron chi connectivity index (χ2n) is 6.43. The van der Waals surface area contributed by atoms with Crippen molar-refractivity contribution in [2.45, 2.75) is 26.3 Å². The Labute approximate surface area is 158 Å². The molecule has 0 aliphatic rings. The number of aryl methyl sites for hydroxylation is 2. The highest BCUT2D eigenvalue weighted by molar-refractivity contribution is 5.76. The van der Waals surface area contributed by atoms with E-state index in [1.807, 2.05) is 49.4 Å². The number of methoxy groups -OCH3 is 1. The van der Waals surface area contributed by atoms with Crippen molar-refractivity contribution >= 4 is 5.91 Å². The molecule has 0 bridgehead atoms. The number of hydrogen-bond donors (Lipinski definition) is 0. The topological polar surface area (TPSA) is 68.5 Å². The lowest BCUT2D eigenvalue weighted by atomic mass is 10.1. The zero-order valence-electron chi connectivity index (χ0n) is 15.8. The molecule has 0 atom stereocenters. The van der Waals surface area contributed by atoms with Gasteiger partial charge in [-0.2, -0.15) is 4.98 Å². The van der Waals surface area contributed by atoms with Gasteiger partial charge in [-0.05, 0) is 30.5 Å². The molecular formula is C21H23N3O3. The Hall–Kier alpha value is -3.15. The quantitative estimate of drug-likeness (QED) is 0.639. The van der Waals surface area contributed by atoms with Crippen LogP contribution in [0.1, 0.15) is 23.4 Å². The molecule has 3 rings (SSSR count). The Balaban J connectivity index is 1.55. The van der Waals surface area contributed by atoms with Crippen molar-refractivity contribution in [1.29, 1.82) is 0 Å². The normalized spacial score (nSPS) is 10.6. The Morgan fingerprint density at radius 1 is 1.19 bits per heavy atom. The molecule has 0 spiro atoms. The van der Waals surface area contributed by atoms with Gasteiger partial charge in [-0.25, -0.2) is 0 Å². The second-order valence-corrected chi connectivity index (χ2v) is 6.43. The lowest BCUT2D eigenvalue weighted by Gasteiger charge is -2.15. The molecule has 27 heavy (non-hydrogen) atoms. The van der Waals surface area contributed by atoms with Gasteiger partial charge in [-0.1, -0.05) is 47.6 Å². The lowest BCUT2D eigenvalue weighted by molar-refractivity contribution is -0.130. The molecule has 0 saturated heterocycles. The van der Waals surface area contributed by atoms with Crippen LogP contribution in [0, 0.1) is 6.92 Å². The number of rotatable bonds is 7. The van der Waals surface area contributed by atoms with E-state index in [-0.39, 0.29) is 5.91 Å². The third-order valence-corrected chi connectivity index (χ3v) is 4.39. The van der Waals surface area contributed by atoms with E-state index in [1.54, 1.807) is 19.1 Å². The average molecular weight is 365 g/mol.